The smallest absolute Gasteiger partial charge is 0.243 e. The molecule has 210 valence electrons. The van der Waals surface area contributed by atoms with E-state index < -0.39 is 26.2 Å². The summed E-state index contributed by atoms with van der Waals surface area (Å²) in [5.74, 6) is 0.350. The summed E-state index contributed by atoms with van der Waals surface area (Å²) in [5.41, 5.74) is 0.496. The molecule has 4 rings (SSSR count). The van der Waals surface area contributed by atoms with Gasteiger partial charge in [-0.3, -0.25) is 0 Å². The molecule has 0 amide bonds. The van der Waals surface area contributed by atoms with E-state index in [1.54, 1.807) is 30.3 Å². The third-order valence-corrected chi connectivity index (χ3v) is 11.3. The van der Waals surface area contributed by atoms with Crippen molar-refractivity contribution in [1.29, 1.82) is 0 Å². The number of halogens is 1. The van der Waals surface area contributed by atoms with Gasteiger partial charge < -0.3 is 19.9 Å². The highest BCUT2D eigenvalue weighted by atomic mass is 79.9. The summed E-state index contributed by atoms with van der Waals surface area (Å²) >= 11 is 3.41. The Morgan fingerprint density at radius 1 is 1.16 bits per heavy atom. The standard InChI is InChI=1S/C25H34BrN3O7S2/c1-18-12-23(6-7-24(18)26)38(33,34)29-10-8-25(9-11-29)14-19(16-36-25)28-15-20(30)17-35-21-4-3-5-22(13-21)37(31,32)27-2/h3-7,12-13,19-20,27-28,30H,8-11,14-17H2,1-2H3/t19-,20?/m1/s1. The molecule has 2 heterocycles. The molecular formula is C25H34BrN3O7S2. The molecule has 0 aliphatic carbocycles. The van der Waals surface area contributed by atoms with Gasteiger partial charge in [-0.05, 0) is 69.1 Å². The van der Waals surface area contributed by atoms with Gasteiger partial charge in [0.1, 0.15) is 18.5 Å². The molecule has 2 atom stereocenters. The molecule has 2 aliphatic heterocycles. The number of hydrogen-bond acceptors (Lipinski definition) is 8. The maximum absolute atomic E-state index is 13.1. The van der Waals surface area contributed by atoms with Crippen molar-refractivity contribution in [2.24, 2.45) is 0 Å². The summed E-state index contributed by atoms with van der Waals surface area (Å²) in [6, 6.07) is 11.2. The van der Waals surface area contributed by atoms with Crippen molar-refractivity contribution in [3.05, 3.63) is 52.5 Å². The molecule has 10 nitrogen and oxygen atoms in total. The van der Waals surface area contributed by atoms with E-state index in [1.807, 2.05) is 6.92 Å². The SMILES string of the molecule is CNS(=O)(=O)c1cccc(OCC(O)CN[C@H]2COC3(CCN(S(=O)(=O)c4ccc(Br)c(C)c4)CC3)C2)c1. The maximum atomic E-state index is 13.1. The Balaban J connectivity index is 1.23. The van der Waals surface area contributed by atoms with Crippen LogP contribution in [0.15, 0.2) is 56.7 Å². The van der Waals surface area contributed by atoms with Crippen LogP contribution in [-0.4, -0.2) is 83.9 Å². The summed E-state index contributed by atoms with van der Waals surface area (Å²) in [5, 5.41) is 13.7. The Hall–Kier alpha value is -1.58. The van der Waals surface area contributed by atoms with Gasteiger partial charge in [-0.2, -0.15) is 4.31 Å². The summed E-state index contributed by atoms with van der Waals surface area (Å²) in [7, 11) is -5.81. The first-order valence-electron chi connectivity index (χ1n) is 12.4. The first-order valence-corrected chi connectivity index (χ1v) is 16.1. The van der Waals surface area contributed by atoms with E-state index in [-0.39, 0.29) is 29.7 Å². The van der Waals surface area contributed by atoms with E-state index in [0.29, 0.717) is 43.2 Å². The van der Waals surface area contributed by atoms with Crippen molar-refractivity contribution < 1.29 is 31.4 Å². The van der Waals surface area contributed by atoms with Crippen molar-refractivity contribution >= 4 is 36.0 Å². The minimum atomic E-state index is -3.58. The molecular weight excluding hydrogens is 598 g/mol. The number of aliphatic hydroxyl groups is 1. The number of aliphatic hydroxyl groups excluding tert-OH is 1. The van der Waals surface area contributed by atoms with Gasteiger partial charge in [0, 0.05) is 36.2 Å². The molecule has 1 unspecified atom stereocenters. The topological polar surface area (TPSA) is 134 Å². The second-order valence-electron chi connectivity index (χ2n) is 9.77. The third kappa shape index (κ3) is 6.76. The molecule has 2 aromatic rings. The number of rotatable bonds is 10. The van der Waals surface area contributed by atoms with Crippen molar-refractivity contribution in [1.82, 2.24) is 14.3 Å². The van der Waals surface area contributed by atoms with Crippen molar-refractivity contribution in [3.63, 3.8) is 0 Å². The Bertz CT molecular complexity index is 1350. The fraction of sp³-hybridized carbons (Fsp3) is 0.520. The van der Waals surface area contributed by atoms with Crippen LogP contribution in [0.25, 0.3) is 0 Å². The van der Waals surface area contributed by atoms with E-state index in [4.69, 9.17) is 9.47 Å². The molecule has 13 heteroatoms. The zero-order valence-electron chi connectivity index (χ0n) is 21.4. The summed E-state index contributed by atoms with van der Waals surface area (Å²) < 4.78 is 66.6. The van der Waals surface area contributed by atoms with Crippen LogP contribution in [0.3, 0.4) is 0 Å². The van der Waals surface area contributed by atoms with Gasteiger partial charge in [-0.25, -0.2) is 21.6 Å². The highest BCUT2D eigenvalue weighted by Gasteiger charge is 2.44. The number of nitrogens with zero attached hydrogens (tertiary/aromatic N) is 1. The van der Waals surface area contributed by atoms with Gasteiger partial charge in [0.05, 0.1) is 22.0 Å². The van der Waals surface area contributed by atoms with E-state index in [9.17, 15) is 21.9 Å². The monoisotopic (exact) mass is 631 g/mol. The lowest BCUT2D eigenvalue weighted by molar-refractivity contribution is -0.0312. The van der Waals surface area contributed by atoms with Gasteiger partial charge in [0.15, 0.2) is 0 Å². The minimum absolute atomic E-state index is 0.00285. The van der Waals surface area contributed by atoms with E-state index in [2.05, 4.69) is 26.0 Å². The van der Waals surface area contributed by atoms with Crippen molar-refractivity contribution in [3.8, 4) is 5.75 Å². The quantitative estimate of drug-likeness (QED) is 0.363. The summed E-state index contributed by atoms with van der Waals surface area (Å²) in [4.78, 5) is 0.386. The number of nitrogens with one attached hydrogen (secondary N) is 2. The van der Waals surface area contributed by atoms with Crippen LogP contribution >= 0.6 is 15.9 Å². The number of piperidine rings is 1. The molecule has 2 aliphatic rings. The van der Waals surface area contributed by atoms with E-state index in [1.165, 1.54) is 23.5 Å². The van der Waals surface area contributed by atoms with Crippen molar-refractivity contribution in [2.75, 3.05) is 39.9 Å². The molecule has 0 radical (unpaired) electrons. The maximum Gasteiger partial charge on any atom is 0.243 e. The van der Waals surface area contributed by atoms with Crippen molar-refractivity contribution in [2.45, 2.75) is 53.7 Å². The Kier molecular flexibility index (Phi) is 9.20. The number of hydrogen-bond donors (Lipinski definition) is 3. The van der Waals surface area contributed by atoms with Gasteiger partial charge in [0.25, 0.3) is 0 Å². The zero-order valence-corrected chi connectivity index (χ0v) is 24.6. The fourth-order valence-corrected chi connectivity index (χ4v) is 7.33. The Morgan fingerprint density at radius 2 is 1.89 bits per heavy atom. The first kappa shape index (κ1) is 29.4. The lowest BCUT2D eigenvalue weighted by Gasteiger charge is -2.38. The highest BCUT2D eigenvalue weighted by Crippen LogP contribution is 2.37. The Morgan fingerprint density at radius 3 is 2.58 bits per heavy atom. The second kappa shape index (κ2) is 11.9. The van der Waals surface area contributed by atoms with Gasteiger partial charge >= 0.3 is 0 Å². The predicted octanol–water partition coefficient (Wildman–Crippen LogP) is 2.01. The average molecular weight is 633 g/mol. The highest BCUT2D eigenvalue weighted by molar-refractivity contribution is 9.10. The van der Waals surface area contributed by atoms with E-state index >= 15 is 0 Å². The molecule has 3 N–H and O–H groups in total. The van der Waals surface area contributed by atoms with Crippen LogP contribution in [0.1, 0.15) is 24.8 Å². The average Bonchev–Trinajstić information content (AvgIpc) is 3.30. The number of benzene rings is 2. The van der Waals surface area contributed by atoms with Gasteiger partial charge in [-0.1, -0.05) is 22.0 Å². The van der Waals surface area contributed by atoms with Crippen LogP contribution in [0.4, 0.5) is 0 Å². The molecule has 0 bridgehead atoms. The first-order chi connectivity index (χ1) is 17.9. The fourth-order valence-electron chi connectivity index (χ4n) is 4.79. The Labute approximate surface area is 232 Å². The van der Waals surface area contributed by atoms with E-state index in [0.717, 1.165) is 16.5 Å². The molecule has 2 fully saturated rings. The molecule has 0 aromatic heterocycles. The normalized spacial score (nSPS) is 21.0. The number of aryl methyl sites for hydroxylation is 1. The molecule has 38 heavy (non-hydrogen) atoms. The third-order valence-electron chi connectivity index (χ3n) is 7.08. The minimum Gasteiger partial charge on any atom is -0.491 e. The lowest BCUT2D eigenvalue weighted by atomic mass is 9.88. The second-order valence-corrected chi connectivity index (χ2v) is 14.4. The molecule has 2 saturated heterocycles. The summed E-state index contributed by atoms with van der Waals surface area (Å²) in [6.07, 6.45) is 1.14. The lowest BCUT2D eigenvalue weighted by Crippen LogP contribution is -2.47. The van der Waals surface area contributed by atoms with Crippen LogP contribution in [0.2, 0.25) is 0 Å². The zero-order chi connectivity index (χ0) is 27.6. The molecule has 2 aromatic carbocycles. The van der Waals surface area contributed by atoms with Gasteiger partial charge in [-0.15, -0.1) is 0 Å². The summed E-state index contributed by atoms with van der Waals surface area (Å²) in [6.45, 7) is 3.41. The van der Waals surface area contributed by atoms with Crippen LogP contribution < -0.4 is 14.8 Å². The number of ether oxygens (including phenoxy) is 2. The molecule has 0 saturated carbocycles. The largest absolute Gasteiger partial charge is 0.491 e. The van der Waals surface area contributed by atoms with Crippen LogP contribution in [-0.2, 0) is 24.8 Å². The predicted molar refractivity (Wildman–Crippen MR) is 146 cm³/mol. The molecule has 1 spiro atoms. The number of sulfonamides is 2. The van der Waals surface area contributed by atoms with Crippen LogP contribution in [0, 0.1) is 6.92 Å². The van der Waals surface area contributed by atoms with Gasteiger partial charge in [0.2, 0.25) is 20.0 Å². The van der Waals surface area contributed by atoms with Crippen LogP contribution in [0.5, 0.6) is 5.75 Å².